The van der Waals surface area contributed by atoms with Gasteiger partial charge in [-0.2, -0.15) is 0 Å². The van der Waals surface area contributed by atoms with Gasteiger partial charge in [-0.25, -0.2) is 4.39 Å². The highest BCUT2D eigenvalue weighted by Gasteiger charge is 2.26. The van der Waals surface area contributed by atoms with Crippen LogP contribution in [0, 0.1) is 29.8 Å². The van der Waals surface area contributed by atoms with Crippen molar-refractivity contribution in [3.63, 3.8) is 0 Å². The fourth-order valence-corrected chi connectivity index (χ4v) is 5.52. The van der Waals surface area contributed by atoms with Gasteiger partial charge in [0, 0.05) is 16.2 Å². The topological polar surface area (TPSA) is 92.3 Å². The predicted molar refractivity (Wildman–Crippen MR) is 143 cm³/mol. The number of halogens is 2. The number of aromatic nitrogens is 3. The Bertz CT molecular complexity index is 1430. The van der Waals surface area contributed by atoms with Gasteiger partial charge >= 0.3 is 0 Å². The van der Waals surface area contributed by atoms with Gasteiger partial charge in [0.1, 0.15) is 23.5 Å². The summed E-state index contributed by atoms with van der Waals surface area (Å²) in [6.45, 7) is 3.47. The van der Waals surface area contributed by atoms with Gasteiger partial charge in [0.2, 0.25) is 6.54 Å². The number of aryl methyl sites for hydroxylation is 2. The quantitative estimate of drug-likeness (QED) is 0.119. The highest BCUT2D eigenvalue weighted by Crippen LogP contribution is 2.43. The number of hydrogen-bond acceptors (Lipinski definition) is 7. The molecule has 0 amide bonds. The highest BCUT2D eigenvalue weighted by atomic mass is 79.9. The van der Waals surface area contributed by atoms with E-state index in [2.05, 4.69) is 26.1 Å². The van der Waals surface area contributed by atoms with Crippen LogP contribution in [0.3, 0.4) is 0 Å². The van der Waals surface area contributed by atoms with Crippen molar-refractivity contribution < 1.29 is 18.8 Å². The zero-order valence-electron chi connectivity index (χ0n) is 20.4. The van der Waals surface area contributed by atoms with Crippen molar-refractivity contribution in [1.82, 2.24) is 14.8 Å². The van der Waals surface area contributed by atoms with Gasteiger partial charge in [-0.05, 0) is 71.2 Å². The maximum atomic E-state index is 14.1. The monoisotopic (exact) mass is 586 g/mol. The molecule has 1 heterocycles. The molecule has 0 aliphatic carbocycles. The molecule has 0 N–H and O–H groups in total. The molecule has 0 saturated carbocycles. The third-order valence-electron chi connectivity index (χ3n) is 5.57. The molecule has 0 bridgehead atoms. The summed E-state index contributed by atoms with van der Waals surface area (Å²) in [5.74, 6) is 1.04. The average Bonchev–Trinajstić information content (AvgIpc) is 3.22. The van der Waals surface area contributed by atoms with E-state index in [9.17, 15) is 14.5 Å². The average molecular weight is 587 g/mol. The van der Waals surface area contributed by atoms with Crippen LogP contribution in [0.25, 0.3) is 5.69 Å². The highest BCUT2D eigenvalue weighted by molar-refractivity contribution is 9.10. The Labute approximate surface area is 226 Å². The molecule has 11 heteroatoms. The Morgan fingerprint density at radius 1 is 1.14 bits per heavy atom. The van der Waals surface area contributed by atoms with E-state index in [4.69, 9.17) is 9.47 Å². The molecular formula is C26H24BrFN4O4S. The molecule has 3 aromatic carbocycles. The van der Waals surface area contributed by atoms with Gasteiger partial charge in [0.05, 0.1) is 11.6 Å². The Hall–Kier alpha value is -3.44. The van der Waals surface area contributed by atoms with Crippen LogP contribution in [0.2, 0.25) is 0 Å². The minimum absolute atomic E-state index is 0.00701. The van der Waals surface area contributed by atoms with Crippen molar-refractivity contribution in [2.45, 2.75) is 30.9 Å². The number of rotatable bonds is 10. The first-order chi connectivity index (χ1) is 17.8. The summed E-state index contributed by atoms with van der Waals surface area (Å²) in [4.78, 5) is 11.3. The fourth-order valence-electron chi connectivity index (χ4n) is 3.79. The van der Waals surface area contributed by atoms with Crippen LogP contribution in [-0.4, -0.2) is 33.3 Å². The molecule has 37 heavy (non-hydrogen) atoms. The second-order valence-electron chi connectivity index (χ2n) is 8.24. The Balaban J connectivity index is 1.66. The summed E-state index contributed by atoms with van der Waals surface area (Å²) >= 11 is 4.75. The Kier molecular flexibility index (Phi) is 8.45. The standard InChI is InChI=1S/C26H24BrFN4O4S/c1-16-7-6-9-20(11-16)32-17(2)29-30-26(32)37-24(14-31(33)34)19-12-21(27)25(23(13-19)35-3)36-15-18-8-4-5-10-22(18)28/h4-13,24H,14-15H2,1-3H3/t24-/m1/s1. The van der Waals surface area contributed by atoms with Crippen LogP contribution in [0.4, 0.5) is 4.39 Å². The second-order valence-corrected chi connectivity index (χ2v) is 10.3. The molecule has 1 atom stereocenters. The lowest BCUT2D eigenvalue weighted by molar-refractivity contribution is -0.479. The summed E-state index contributed by atoms with van der Waals surface area (Å²) in [6.07, 6.45) is 0. The van der Waals surface area contributed by atoms with E-state index in [0.717, 1.165) is 11.3 Å². The summed E-state index contributed by atoms with van der Waals surface area (Å²) in [6, 6.07) is 17.7. The van der Waals surface area contributed by atoms with Crippen LogP contribution in [0.5, 0.6) is 11.5 Å². The first kappa shape index (κ1) is 26.6. The van der Waals surface area contributed by atoms with E-state index in [1.54, 1.807) is 30.3 Å². The van der Waals surface area contributed by atoms with Crippen molar-refractivity contribution in [1.29, 1.82) is 0 Å². The molecule has 192 valence electrons. The summed E-state index contributed by atoms with van der Waals surface area (Å²) < 4.78 is 27.9. The zero-order chi connectivity index (χ0) is 26.5. The molecule has 0 radical (unpaired) electrons. The normalized spacial score (nSPS) is 11.8. The van der Waals surface area contributed by atoms with Gasteiger partial charge in [0.15, 0.2) is 16.7 Å². The third-order valence-corrected chi connectivity index (χ3v) is 7.34. The molecule has 8 nitrogen and oxygen atoms in total. The van der Waals surface area contributed by atoms with Gasteiger partial charge in [-0.1, -0.05) is 42.1 Å². The van der Waals surface area contributed by atoms with Crippen LogP contribution in [0.15, 0.2) is 70.3 Å². The van der Waals surface area contributed by atoms with E-state index in [1.165, 1.54) is 24.9 Å². The molecule has 0 unspecified atom stereocenters. The van der Waals surface area contributed by atoms with Gasteiger partial charge in [-0.3, -0.25) is 14.7 Å². The Morgan fingerprint density at radius 3 is 2.62 bits per heavy atom. The maximum Gasteiger partial charge on any atom is 0.220 e. The largest absolute Gasteiger partial charge is 0.493 e. The summed E-state index contributed by atoms with van der Waals surface area (Å²) in [7, 11) is 1.48. The molecule has 0 saturated heterocycles. The van der Waals surface area contributed by atoms with Crippen molar-refractivity contribution in [3.05, 3.63) is 104 Å². The molecule has 1 aromatic heterocycles. The Morgan fingerprint density at radius 2 is 1.92 bits per heavy atom. The second kappa shape index (κ2) is 11.7. The molecule has 0 fully saturated rings. The van der Waals surface area contributed by atoms with Gasteiger partial charge < -0.3 is 9.47 Å². The molecule has 4 aromatic rings. The van der Waals surface area contributed by atoms with Crippen molar-refractivity contribution >= 4 is 27.7 Å². The van der Waals surface area contributed by atoms with Crippen LogP contribution < -0.4 is 9.47 Å². The molecule has 0 aliphatic heterocycles. The van der Waals surface area contributed by atoms with E-state index < -0.39 is 5.25 Å². The minimum atomic E-state index is -0.604. The van der Waals surface area contributed by atoms with Crippen molar-refractivity contribution in [3.8, 4) is 17.2 Å². The molecular weight excluding hydrogens is 563 g/mol. The third kappa shape index (κ3) is 6.28. The van der Waals surface area contributed by atoms with Gasteiger partial charge in [-0.15, -0.1) is 10.2 Å². The molecule has 0 spiro atoms. The van der Waals surface area contributed by atoms with Crippen molar-refractivity contribution in [2.75, 3.05) is 13.7 Å². The zero-order valence-corrected chi connectivity index (χ0v) is 22.8. The maximum absolute atomic E-state index is 14.1. The van der Waals surface area contributed by atoms with Gasteiger partial charge in [0.25, 0.3) is 0 Å². The van der Waals surface area contributed by atoms with Crippen LogP contribution in [0.1, 0.15) is 27.8 Å². The minimum Gasteiger partial charge on any atom is -0.493 e. The lowest BCUT2D eigenvalue weighted by Gasteiger charge is -2.18. The van der Waals surface area contributed by atoms with Crippen molar-refractivity contribution in [2.24, 2.45) is 0 Å². The van der Waals surface area contributed by atoms with E-state index in [-0.39, 0.29) is 23.9 Å². The number of nitrogens with zero attached hydrogens (tertiary/aromatic N) is 4. The SMILES string of the molecule is COc1cc([C@@H](C[N+](=O)[O-])Sc2nnc(C)n2-c2cccc(C)c2)cc(Br)c1OCc1ccccc1F. The van der Waals surface area contributed by atoms with Crippen LogP contribution in [-0.2, 0) is 6.61 Å². The lowest BCUT2D eigenvalue weighted by atomic mass is 10.1. The van der Waals surface area contributed by atoms with E-state index in [1.807, 2.05) is 42.7 Å². The number of thioether (sulfide) groups is 1. The number of hydrogen-bond donors (Lipinski definition) is 0. The first-order valence-electron chi connectivity index (χ1n) is 11.3. The smallest absolute Gasteiger partial charge is 0.220 e. The first-order valence-corrected chi connectivity index (χ1v) is 12.9. The number of ether oxygens (including phenoxy) is 2. The summed E-state index contributed by atoms with van der Waals surface area (Å²) in [5.41, 5.74) is 2.98. The summed E-state index contributed by atoms with van der Waals surface area (Å²) in [5, 5.41) is 20.1. The molecule has 0 aliphatic rings. The lowest BCUT2D eigenvalue weighted by Crippen LogP contribution is -2.12. The number of nitro groups is 1. The number of methoxy groups -OCH3 is 1. The van der Waals surface area contributed by atoms with Crippen LogP contribution >= 0.6 is 27.7 Å². The predicted octanol–water partition coefficient (Wildman–Crippen LogP) is 6.48. The molecule has 4 rings (SSSR count). The number of benzene rings is 3. The van der Waals surface area contributed by atoms with E-state index in [0.29, 0.717) is 38.1 Å². The van der Waals surface area contributed by atoms with E-state index >= 15 is 0 Å². The fraction of sp³-hybridized carbons (Fsp3) is 0.231.